The molecule has 4 rings (SSSR count). The van der Waals surface area contributed by atoms with Crippen molar-refractivity contribution in [3.05, 3.63) is 90.0 Å². The fraction of sp³-hybridized carbons (Fsp3) is 0.0909. The number of hydrogen-bond donors (Lipinski definition) is 1. The number of nitrogens with one attached hydrogen (secondary N) is 1. The monoisotopic (exact) mass is 395 g/mol. The summed E-state index contributed by atoms with van der Waals surface area (Å²) in [4.78, 5) is 16.9. The molecule has 4 aromatic rings. The topological polar surface area (TPSA) is 46.4 Å². The van der Waals surface area contributed by atoms with E-state index in [4.69, 9.17) is 0 Å². The zero-order chi connectivity index (χ0) is 20.4. The maximum absolute atomic E-state index is 13.8. The largest absolute Gasteiger partial charge is 0.324 e. The summed E-state index contributed by atoms with van der Waals surface area (Å²) in [6.07, 6.45) is 2.22. The lowest BCUT2D eigenvalue weighted by Gasteiger charge is -2.08. The van der Waals surface area contributed by atoms with Crippen LogP contribution < -0.4 is 5.32 Å². The maximum Gasteiger partial charge on any atom is 0.224 e. The van der Waals surface area contributed by atoms with Gasteiger partial charge in [-0.05, 0) is 55.0 Å². The van der Waals surface area contributed by atoms with E-state index in [9.17, 15) is 18.0 Å². The van der Waals surface area contributed by atoms with Gasteiger partial charge in [-0.15, -0.1) is 0 Å². The number of halogens is 3. The second-order valence-corrected chi connectivity index (χ2v) is 6.52. The van der Waals surface area contributed by atoms with Gasteiger partial charge in [-0.3, -0.25) is 4.79 Å². The van der Waals surface area contributed by atoms with Crippen molar-refractivity contribution in [1.29, 1.82) is 0 Å². The number of nitrogens with zero attached hydrogens (tertiary/aromatic N) is 2. The Labute approximate surface area is 164 Å². The van der Waals surface area contributed by atoms with Gasteiger partial charge < -0.3 is 9.72 Å². The molecule has 4 nitrogen and oxygen atoms in total. The zero-order valence-electron chi connectivity index (χ0n) is 15.2. The Morgan fingerprint density at radius 2 is 1.72 bits per heavy atom. The summed E-state index contributed by atoms with van der Waals surface area (Å²) < 4.78 is 41.9. The molecule has 0 unspecified atom stereocenters. The highest BCUT2D eigenvalue weighted by Crippen LogP contribution is 2.26. The second-order valence-electron chi connectivity index (χ2n) is 6.52. The molecule has 0 saturated heterocycles. The molecule has 0 saturated carbocycles. The van der Waals surface area contributed by atoms with Crippen molar-refractivity contribution in [2.24, 2.45) is 0 Å². The Hall–Kier alpha value is -3.61. The Kier molecular flexibility index (Phi) is 5.03. The molecule has 0 aliphatic heterocycles. The average molecular weight is 395 g/mol. The van der Waals surface area contributed by atoms with E-state index in [1.807, 2.05) is 28.8 Å². The minimum absolute atomic E-state index is 0.0632. The van der Waals surface area contributed by atoms with Crippen molar-refractivity contribution in [2.75, 3.05) is 5.32 Å². The van der Waals surface area contributed by atoms with Crippen molar-refractivity contribution in [1.82, 2.24) is 9.38 Å². The number of carbonyl (C=O) groups excluding carboxylic acids is 1. The average Bonchev–Trinajstić information content (AvgIpc) is 3.08. The summed E-state index contributed by atoms with van der Waals surface area (Å²) in [5.41, 5.74) is 2.79. The summed E-state index contributed by atoms with van der Waals surface area (Å²) in [5, 5.41) is 2.45. The van der Waals surface area contributed by atoms with Crippen molar-refractivity contribution in [3.8, 4) is 11.3 Å². The number of benzene rings is 2. The summed E-state index contributed by atoms with van der Waals surface area (Å²) in [6.45, 7) is 0. The first-order valence-electron chi connectivity index (χ1n) is 8.98. The normalized spacial score (nSPS) is 11.0. The van der Waals surface area contributed by atoms with E-state index in [2.05, 4.69) is 10.3 Å². The predicted octanol–water partition coefficient (Wildman–Crippen LogP) is 4.99. The van der Waals surface area contributed by atoms with Crippen LogP contribution in [0.25, 0.3) is 16.9 Å². The first-order chi connectivity index (χ1) is 14.0. The van der Waals surface area contributed by atoms with Crippen LogP contribution in [0.3, 0.4) is 0 Å². The second kappa shape index (κ2) is 7.79. The molecule has 0 atom stereocenters. The molecular formula is C22H16F3N3O. The van der Waals surface area contributed by atoms with Gasteiger partial charge in [0, 0.05) is 24.2 Å². The molecule has 0 radical (unpaired) electrons. The Morgan fingerprint density at radius 1 is 0.966 bits per heavy atom. The van der Waals surface area contributed by atoms with E-state index in [-0.39, 0.29) is 17.9 Å². The van der Waals surface area contributed by atoms with Gasteiger partial charge in [-0.2, -0.15) is 0 Å². The lowest BCUT2D eigenvalue weighted by Crippen LogP contribution is -2.14. The van der Waals surface area contributed by atoms with E-state index in [1.165, 1.54) is 18.2 Å². The summed E-state index contributed by atoms with van der Waals surface area (Å²) in [5.74, 6) is -2.30. The number of aryl methyl sites for hydroxylation is 1. The minimum atomic E-state index is -0.833. The first kappa shape index (κ1) is 18.7. The molecule has 1 N–H and O–H groups in total. The van der Waals surface area contributed by atoms with E-state index in [0.717, 1.165) is 17.3 Å². The molecule has 146 valence electrons. The number of hydrogen-bond acceptors (Lipinski definition) is 2. The molecule has 2 heterocycles. The van der Waals surface area contributed by atoms with Crippen LogP contribution in [0.4, 0.5) is 18.9 Å². The van der Waals surface area contributed by atoms with Crippen molar-refractivity contribution in [3.63, 3.8) is 0 Å². The van der Waals surface area contributed by atoms with Gasteiger partial charge in [-0.1, -0.05) is 6.07 Å². The van der Waals surface area contributed by atoms with Gasteiger partial charge in [0.25, 0.3) is 0 Å². The maximum atomic E-state index is 13.8. The molecule has 0 bridgehead atoms. The molecule has 2 aromatic heterocycles. The fourth-order valence-electron chi connectivity index (χ4n) is 3.16. The quantitative estimate of drug-likeness (QED) is 0.518. The minimum Gasteiger partial charge on any atom is -0.324 e. The van der Waals surface area contributed by atoms with Gasteiger partial charge in [0.2, 0.25) is 5.91 Å². The van der Waals surface area contributed by atoms with Crippen LogP contribution >= 0.6 is 0 Å². The van der Waals surface area contributed by atoms with Crippen LogP contribution in [0.2, 0.25) is 0 Å². The number of anilines is 1. The Bertz CT molecular complexity index is 1190. The third-order valence-corrected chi connectivity index (χ3v) is 4.54. The summed E-state index contributed by atoms with van der Waals surface area (Å²) >= 11 is 0. The molecule has 0 aliphatic carbocycles. The highest BCUT2D eigenvalue weighted by atomic mass is 19.1. The van der Waals surface area contributed by atoms with E-state index in [1.54, 1.807) is 12.1 Å². The highest BCUT2D eigenvalue weighted by molar-refractivity contribution is 5.91. The van der Waals surface area contributed by atoms with Crippen molar-refractivity contribution in [2.45, 2.75) is 12.8 Å². The summed E-state index contributed by atoms with van der Waals surface area (Å²) in [6, 6.07) is 14.5. The number of carbonyl (C=O) groups is 1. The van der Waals surface area contributed by atoms with Crippen molar-refractivity contribution >= 4 is 17.2 Å². The van der Waals surface area contributed by atoms with Gasteiger partial charge in [-0.25, -0.2) is 18.2 Å². The fourth-order valence-corrected chi connectivity index (χ4v) is 3.16. The smallest absolute Gasteiger partial charge is 0.224 e. The molecule has 0 spiro atoms. The van der Waals surface area contributed by atoms with Gasteiger partial charge >= 0.3 is 0 Å². The number of amides is 1. The molecule has 7 heteroatoms. The van der Waals surface area contributed by atoms with Gasteiger partial charge in [0.05, 0.1) is 17.1 Å². The molecule has 0 aliphatic rings. The third-order valence-electron chi connectivity index (χ3n) is 4.54. The molecule has 0 fully saturated rings. The Balaban J connectivity index is 1.59. The summed E-state index contributed by atoms with van der Waals surface area (Å²) in [7, 11) is 0. The molecular weight excluding hydrogens is 379 g/mol. The predicted molar refractivity (Wildman–Crippen MR) is 104 cm³/mol. The van der Waals surface area contributed by atoms with Crippen LogP contribution in [-0.2, 0) is 11.2 Å². The number of imidazole rings is 1. The lowest BCUT2D eigenvalue weighted by molar-refractivity contribution is -0.116. The SMILES string of the molecule is O=C(CCc1c(-c2ccc(F)cc2)nc2ccccn12)Nc1ccc(F)cc1F. The molecule has 1 amide bonds. The number of rotatable bonds is 5. The third kappa shape index (κ3) is 3.99. The standard InChI is InChI=1S/C22H16F3N3O/c23-15-6-4-14(5-7-15)22-19(28-12-2-1-3-20(28)27-22)10-11-21(29)26-18-9-8-16(24)13-17(18)25/h1-9,12-13H,10-11H2,(H,26,29). The lowest BCUT2D eigenvalue weighted by atomic mass is 10.1. The number of pyridine rings is 1. The number of fused-ring (bicyclic) bond motifs is 1. The van der Waals surface area contributed by atoms with Crippen LogP contribution in [0.1, 0.15) is 12.1 Å². The van der Waals surface area contributed by atoms with Gasteiger partial charge in [0.1, 0.15) is 23.1 Å². The molecule has 29 heavy (non-hydrogen) atoms. The van der Waals surface area contributed by atoms with Crippen LogP contribution in [0, 0.1) is 17.5 Å². The zero-order valence-corrected chi connectivity index (χ0v) is 15.2. The van der Waals surface area contributed by atoms with E-state index >= 15 is 0 Å². The van der Waals surface area contributed by atoms with E-state index < -0.39 is 17.5 Å². The van der Waals surface area contributed by atoms with Crippen LogP contribution in [0.5, 0.6) is 0 Å². The molecule has 2 aromatic carbocycles. The van der Waals surface area contributed by atoms with Crippen LogP contribution in [0.15, 0.2) is 66.9 Å². The van der Waals surface area contributed by atoms with Crippen molar-refractivity contribution < 1.29 is 18.0 Å². The first-order valence-corrected chi connectivity index (χ1v) is 8.98. The van der Waals surface area contributed by atoms with Crippen LogP contribution in [-0.4, -0.2) is 15.3 Å². The Morgan fingerprint density at radius 3 is 2.48 bits per heavy atom. The number of aromatic nitrogens is 2. The van der Waals surface area contributed by atoms with E-state index in [0.29, 0.717) is 23.8 Å². The highest BCUT2D eigenvalue weighted by Gasteiger charge is 2.16. The van der Waals surface area contributed by atoms with Gasteiger partial charge in [0.15, 0.2) is 0 Å².